The van der Waals surface area contributed by atoms with Gasteiger partial charge < -0.3 is 78.4 Å². The summed E-state index contributed by atoms with van der Waals surface area (Å²) < 4.78 is 55.9. The molecule has 9 aliphatic rings. The number of aliphatic hydroxyl groups is 7. The number of esters is 1. The minimum absolute atomic E-state index is 0.0391. The van der Waals surface area contributed by atoms with Gasteiger partial charge in [0.05, 0.1) is 37.1 Å². The minimum Gasteiger partial charge on any atom is -0.459 e. The lowest BCUT2D eigenvalue weighted by Crippen LogP contribution is -2.65. The minimum atomic E-state index is -1.73. The number of allylic oxidation sites excluding steroid dienone is 1. The molecule has 6 heterocycles. The number of pyridine rings is 1. The van der Waals surface area contributed by atoms with Crippen LogP contribution < -0.4 is 0 Å². The van der Waals surface area contributed by atoms with Gasteiger partial charge in [-0.15, -0.1) is 0 Å². The van der Waals surface area contributed by atoms with E-state index in [0.717, 1.165) is 51.6 Å². The third-order valence-electron chi connectivity index (χ3n) is 18.5. The molecule has 7 N–H and O–H groups in total. The zero-order chi connectivity index (χ0) is 48.0. The fourth-order valence-electron chi connectivity index (χ4n) is 14.5. The van der Waals surface area contributed by atoms with Crippen LogP contribution in [0.25, 0.3) is 0 Å². The average molecular weight is 960 g/mol. The van der Waals surface area contributed by atoms with Gasteiger partial charge in [0, 0.05) is 24.7 Å². The summed E-state index contributed by atoms with van der Waals surface area (Å²) in [5, 5.41) is 76.9. The van der Waals surface area contributed by atoms with Crippen LogP contribution in [0.5, 0.6) is 0 Å². The first-order chi connectivity index (χ1) is 32.5. The van der Waals surface area contributed by atoms with E-state index in [9.17, 15) is 40.5 Å². The van der Waals surface area contributed by atoms with Crippen LogP contribution in [-0.4, -0.2) is 171 Å². The Balaban J connectivity index is 0.833. The Morgan fingerprint density at radius 1 is 0.779 bits per heavy atom. The topological polar surface area (TPSA) is 255 Å². The molecule has 4 aliphatic carbocycles. The molecule has 0 radical (unpaired) electrons. The van der Waals surface area contributed by atoms with E-state index in [1.165, 1.54) is 37.0 Å². The van der Waals surface area contributed by atoms with Gasteiger partial charge in [0.1, 0.15) is 67.6 Å². The molecule has 25 atom stereocenters. The van der Waals surface area contributed by atoms with Gasteiger partial charge in [-0.2, -0.15) is 0 Å². The van der Waals surface area contributed by atoms with E-state index in [2.05, 4.69) is 38.8 Å². The molecule has 68 heavy (non-hydrogen) atoms. The quantitative estimate of drug-likeness (QED) is 0.131. The number of carbonyl (C=O) groups is 1. The van der Waals surface area contributed by atoms with Crippen LogP contribution in [0, 0.1) is 46.3 Å². The summed E-state index contributed by atoms with van der Waals surface area (Å²) in [6.07, 6.45) is -6.89. The van der Waals surface area contributed by atoms with Crippen molar-refractivity contribution in [3.05, 3.63) is 41.7 Å². The molecule has 10 rings (SSSR count). The number of rotatable bonds is 10. The van der Waals surface area contributed by atoms with Gasteiger partial charge in [-0.3, -0.25) is 4.98 Å². The molecule has 1 aromatic heterocycles. The highest BCUT2D eigenvalue weighted by Gasteiger charge is 2.69. The van der Waals surface area contributed by atoms with Crippen molar-refractivity contribution in [2.75, 3.05) is 19.8 Å². The van der Waals surface area contributed by atoms with Crippen molar-refractivity contribution in [3.8, 4) is 0 Å². The number of hydrogen-bond donors (Lipinski definition) is 7. The molecule has 1 spiro atoms. The molecule has 1 aromatic rings. The van der Waals surface area contributed by atoms with Gasteiger partial charge in [-0.05, 0) is 111 Å². The molecule has 0 bridgehead atoms. The lowest BCUT2D eigenvalue weighted by atomic mass is 9.47. The number of aromatic nitrogens is 1. The summed E-state index contributed by atoms with van der Waals surface area (Å²) >= 11 is 0. The van der Waals surface area contributed by atoms with Crippen LogP contribution in [0.2, 0.25) is 0 Å². The number of carbonyl (C=O) groups excluding carboxylic acids is 1. The summed E-state index contributed by atoms with van der Waals surface area (Å²) in [6.45, 7) is 10.7. The van der Waals surface area contributed by atoms with E-state index < -0.39 is 111 Å². The number of hydrogen-bond acceptors (Lipinski definition) is 18. The van der Waals surface area contributed by atoms with E-state index in [1.54, 1.807) is 0 Å². The van der Waals surface area contributed by atoms with Crippen LogP contribution in [0.4, 0.5) is 0 Å². The summed E-state index contributed by atoms with van der Waals surface area (Å²) in [4.78, 5) is 16.5. The Morgan fingerprint density at radius 3 is 2.24 bits per heavy atom. The molecule has 3 saturated carbocycles. The lowest BCUT2D eigenvalue weighted by molar-refractivity contribution is -0.380. The van der Waals surface area contributed by atoms with Crippen molar-refractivity contribution >= 4 is 5.97 Å². The Bertz CT molecular complexity index is 1970. The Labute approximate surface area is 397 Å². The van der Waals surface area contributed by atoms with E-state index in [4.69, 9.17) is 42.6 Å². The highest BCUT2D eigenvalue weighted by Crippen LogP contribution is 2.70. The molecule has 5 saturated heterocycles. The van der Waals surface area contributed by atoms with Crippen molar-refractivity contribution in [1.82, 2.24) is 4.98 Å². The van der Waals surface area contributed by atoms with Crippen LogP contribution in [0.1, 0.15) is 103 Å². The maximum absolute atomic E-state index is 12.6. The van der Waals surface area contributed by atoms with Gasteiger partial charge in [0.25, 0.3) is 0 Å². The van der Waals surface area contributed by atoms with Crippen molar-refractivity contribution in [1.29, 1.82) is 0 Å². The second-order valence-electron chi connectivity index (χ2n) is 22.2. The van der Waals surface area contributed by atoms with Crippen molar-refractivity contribution in [2.24, 2.45) is 46.3 Å². The van der Waals surface area contributed by atoms with Crippen LogP contribution in [0.15, 0.2) is 36.2 Å². The van der Waals surface area contributed by atoms with Gasteiger partial charge in [0.15, 0.2) is 24.7 Å². The Kier molecular flexibility index (Phi) is 13.8. The highest BCUT2D eigenvalue weighted by molar-refractivity contribution is 5.89. The van der Waals surface area contributed by atoms with E-state index in [1.807, 2.05) is 0 Å². The standard InChI is InChI=1S/C50H73NO17/c1-23-8-15-50(61-21-23)24(2)35-32(68-50)19-31-29-7-6-27-18-28(9-13-48(27,4)30(29)10-14-49(31,35)5)63-47-43(67-45-40(57)38(55)36(53)25(3)62-45)41(58)42(33(20-52)64-47)66-46-39(56)37(54)34(65-46)22-60-44(59)26-11-16-51-17-12-26/h6,11-12,16-17,23-25,28-43,45-47,52-58H,7-10,13-15,18-22H2,1-5H3/t23-,24+,25+,28+,29?,30?,31?,32?,33-,34+,35?,36+,37+,38-,39-,40-,41+,42-,43-,45+,46+,47-,48+,49+,50-/m1/s1. The predicted octanol–water partition coefficient (Wildman–Crippen LogP) is 2.11. The molecule has 18 nitrogen and oxygen atoms in total. The summed E-state index contributed by atoms with van der Waals surface area (Å²) in [5.74, 6) is 1.84. The van der Waals surface area contributed by atoms with Crippen LogP contribution in [-0.2, 0) is 42.6 Å². The zero-order valence-corrected chi connectivity index (χ0v) is 39.7. The SMILES string of the molecule is C[C@@H]1CC[C@@]2(OC1)OC1CC3C4CC=C5C[C@@H](O[C@@H]6O[C@H](CO)[C@@H](O[C@@H]7O[C@@H](COC(=O)c8ccncc8)[C@H](O)[C@H]7O)[C@H](O)[C@H]6O[C@@H]6O[C@@H](C)[C@H](O)[C@@H](O)[C@H]6O)CC[C@]5(C)C4CC[C@]3(C)C1[C@@H]2C. The second kappa shape index (κ2) is 19.0. The molecule has 18 heteroatoms. The van der Waals surface area contributed by atoms with E-state index in [0.29, 0.717) is 48.3 Å². The Hall–Kier alpha value is -2.24. The van der Waals surface area contributed by atoms with Crippen molar-refractivity contribution < 1.29 is 83.2 Å². The molecular formula is C50H73NO17. The molecule has 5 unspecified atom stereocenters. The third kappa shape index (κ3) is 8.41. The van der Waals surface area contributed by atoms with E-state index in [-0.39, 0.29) is 28.6 Å². The van der Waals surface area contributed by atoms with Gasteiger partial charge in [-0.25, -0.2) is 4.79 Å². The monoisotopic (exact) mass is 959 g/mol. The smallest absolute Gasteiger partial charge is 0.338 e. The molecule has 0 aromatic carbocycles. The predicted molar refractivity (Wildman–Crippen MR) is 236 cm³/mol. The summed E-state index contributed by atoms with van der Waals surface area (Å²) in [5.41, 5.74) is 1.70. The molecule has 380 valence electrons. The van der Waals surface area contributed by atoms with Crippen molar-refractivity contribution in [3.63, 3.8) is 0 Å². The van der Waals surface area contributed by atoms with Gasteiger partial charge in [0.2, 0.25) is 0 Å². The van der Waals surface area contributed by atoms with Crippen molar-refractivity contribution in [2.45, 2.75) is 196 Å². The van der Waals surface area contributed by atoms with Gasteiger partial charge in [-0.1, -0.05) is 39.3 Å². The maximum atomic E-state index is 12.6. The fourth-order valence-corrected chi connectivity index (χ4v) is 14.5. The number of nitrogens with zero attached hydrogens (tertiary/aromatic N) is 1. The third-order valence-corrected chi connectivity index (χ3v) is 18.5. The van der Waals surface area contributed by atoms with Crippen LogP contribution >= 0.6 is 0 Å². The fraction of sp³-hybridized carbons (Fsp3) is 0.840. The largest absolute Gasteiger partial charge is 0.459 e. The average Bonchev–Trinajstić information content (AvgIpc) is 3.89. The summed E-state index contributed by atoms with van der Waals surface area (Å²) in [7, 11) is 0. The second-order valence-corrected chi connectivity index (χ2v) is 22.2. The summed E-state index contributed by atoms with van der Waals surface area (Å²) in [6, 6.07) is 2.92. The first kappa shape index (κ1) is 49.3. The highest BCUT2D eigenvalue weighted by atomic mass is 16.8. The molecule has 8 fully saturated rings. The van der Waals surface area contributed by atoms with Gasteiger partial charge >= 0.3 is 5.97 Å². The lowest BCUT2D eigenvalue weighted by Gasteiger charge is -2.58. The molecular weight excluding hydrogens is 887 g/mol. The van der Waals surface area contributed by atoms with Crippen LogP contribution in [0.3, 0.4) is 0 Å². The molecule has 0 amide bonds. The number of fused-ring (bicyclic) bond motifs is 7. The normalized spacial score (nSPS) is 52.1. The first-order valence-electron chi connectivity index (χ1n) is 25.2. The number of ether oxygens (including phenoxy) is 9. The van der Waals surface area contributed by atoms with E-state index >= 15 is 0 Å². The molecule has 5 aliphatic heterocycles. The maximum Gasteiger partial charge on any atom is 0.338 e. The zero-order valence-electron chi connectivity index (χ0n) is 39.7. The Morgan fingerprint density at radius 2 is 1.50 bits per heavy atom. The first-order valence-corrected chi connectivity index (χ1v) is 25.2. The number of aliphatic hydroxyl groups excluding tert-OH is 7.